The van der Waals surface area contributed by atoms with Gasteiger partial charge in [0.2, 0.25) is 0 Å². The molecule has 0 radical (unpaired) electrons. The van der Waals surface area contributed by atoms with E-state index in [1.807, 2.05) is 0 Å². The molecule has 1 unspecified atom stereocenters. The number of hydrogen-bond donors (Lipinski definition) is 0. The summed E-state index contributed by atoms with van der Waals surface area (Å²) in [5.74, 6) is -1.20. The number of fused-ring (bicyclic) bond motifs is 2. The zero-order chi connectivity index (χ0) is 12.1. The zero-order valence-electron chi connectivity index (χ0n) is 9.90. The molecule has 4 heteroatoms. The van der Waals surface area contributed by atoms with Crippen LogP contribution in [0.3, 0.4) is 0 Å². The van der Waals surface area contributed by atoms with Gasteiger partial charge in [-0.05, 0) is 18.9 Å². The molecule has 0 aromatic carbocycles. The van der Waals surface area contributed by atoms with Crippen LogP contribution in [0.4, 0.5) is 0 Å². The van der Waals surface area contributed by atoms with Crippen LogP contribution >= 0.6 is 0 Å². The van der Waals surface area contributed by atoms with Gasteiger partial charge in [0, 0.05) is 11.8 Å². The SMILES string of the molecule is CC12C[C@H](C=O)C(=O)C=C1CCC21OCCO1. The van der Waals surface area contributed by atoms with E-state index >= 15 is 0 Å². The maximum atomic E-state index is 11.7. The standard InChI is InChI=1S/C13H16O4/c1-12-7-9(8-14)11(15)6-10(12)2-3-13(12)16-4-5-17-13/h6,8-9H,2-5,7H2,1H3/t9-,12?/m1/s1. The highest BCUT2D eigenvalue weighted by Crippen LogP contribution is 2.58. The van der Waals surface area contributed by atoms with Crippen LogP contribution in [-0.2, 0) is 19.1 Å². The summed E-state index contributed by atoms with van der Waals surface area (Å²) < 4.78 is 11.6. The van der Waals surface area contributed by atoms with Crippen molar-refractivity contribution in [1.82, 2.24) is 0 Å². The van der Waals surface area contributed by atoms with Gasteiger partial charge in [-0.1, -0.05) is 12.5 Å². The van der Waals surface area contributed by atoms with Gasteiger partial charge in [0.25, 0.3) is 0 Å². The van der Waals surface area contributed by atoms with E-state index in [1.54, 1.807) is 6.08 Å². The number of carbonyl (C=O) groups excluding carboxylic acids is 2. The topological polar surface area (TPSA) is 52.6 Å². The van der Waals surface area contributed by atoms with E-state index in [1.165, 1.54) is 0 Å². The van der Waals surface area contributed by atoms with Crippen molar-refractivity contribution in [2.75, 3.05) is 13.2 Å². The molecular weight excluding hydrogens is 220 g/mol. The van der Waals surface area contributed by atoms with Crippen molar-refractivity contribution >= 4 is 12.1 Å². The van der Waals surface area contributed by atoms with Crippen LogP contribution in [0.5, 0.6) is 0 Å². The largest absolute Gasteiger partial charge is 0.347 e. The van der Waals surface area contributed by atoms with Gasteiger partial charge in [-0.15, -0.1) is 0 Å². The third-order valence-corrected chi connectivity index (χ3v) is 4.50. The highest BCUT2D eigenvalue weighted by Gasteiger charge is 2.61. The summed E-state index contributed by atoms with van der Waals surface area (Å²) in [7, 11) is 0. The molecule has 17 heavy (non-hydrogen) atoms. The molecule has 0 N–H and O–H groups in total. The lowest BCUT2D eigenvalue weighted by molar-refractivity contribution is -0.213. The second-order valence-corrected chi connectivity index (χ2v) is 5.30. The van der Waals surface area contributed by atoms with Crippen molar-refractivity contribution in [2.24, 2.45) is 11.3 Å². The third-order valence-electron chi connectivity index (χ3n) is 4.50. The van der Waals surface area contributed by atoms with E-state index in [9.17, 15) is 9.59 Å². The molecule has 2 aliphatic carbocycles. The first-order valence-electron chi connectivity index (χ1n) is 6.09. The molecule has 92 valence electrons. The first kappa shape index (κ1) is 11.1. The molecule has 1 spiro atoms. The smallest absolute Gasteiger partial charge is 0.177 e. The number of ketones is 1. The fraction of sp³-hybridized carbons (Fsp3) is 0.692. The average molecular weight is 236 g/mol. The molecule has 4 nitrogen and oxygen atoms in total. The lowest BCUT2D eigenvalue weighted by atomic mass is 9.68. The van der Waals surface area contributed by atoms with Crippen molar-refractivity contribution in [3.63, 3.8) is 0 Å². The predicted octanol–water partition coefficient (Wildman–Crippen LogP) is 1.24. The van der Waals surface area contributed by atoms with Crippen molar-refractivity contribution in [2.45, 2.75) is 32.0 Å². The summed E-state index contributed by atoms with van der Waals surface area (Å²) in [5, 5.41) is 0. The summed E-state index contributed by atoms with van der Waals surface area (Å²) >= 11 is 0. The van der Waals surface area contributed by atoms with Gasteiger partial charge >= 0.3 is 0 Å². The van der Waals surface area contributed by atoms with Crippen LogP contribution in [0.15, 0.2) is 11.6 Å². The van der Waals surface area contributed by atoms with E-state index < -0.39 is 11.7 Å². The average Bonchev–Trinajstić information content (AvgIpc) is 2.89. The molecule has 3 aliphatic rings. The summed E-state index contributed by atoms with van der Waals surface area (Å²) in [5.41, 5.74) is 0.769. The molecule has 3 rings (SSSR count). The number of allylic oxidation sites excluding steroid dienone is 1. The Balaban J connectivity index is 2.04. The fourth-order valence-electron chi connectivity index (χ4n) is 3.47. The Morgan fingerprint density at radius 1 is 1.41 bits per heavy atom. The lowest BCUT2D eigenvalue weighted by Crippen LogP contribution is -2.47. The summed E-state index contributed by atoms with van der Waals surface area (Å²) in [6, 6.07) is 0. The number of hydrogen-bond acceptors (Lipinski definition) is 4. The van der Waals surface area contributed by atoms with E-state index in [-0.39, 0.29) is 11.2 Å². The van der Waals surface area contributed by atoms with Crippen LogP contribution in [0.25, 0.3) is 0 Å². The normalized spacial score (nSPS) is 39.2. The Morgan fingerprint density at radius 3 is 2.76 bits per heavy atom. The maximum absolute atomic E-state index is 11.7. The molecule has 0 bridgehead atoms. The molecule has 2 fully saturated rings. The third kappa shape index (κ3) is 1.31. The van der Waals surface area contributed by atoms with Crippen molar-refractivity contribution in [3.05, 3.63) is 11.6 Å². The molecule has 2 atom stereocenters. The minimum atomic E-state index is -0.596. The van der Waals surface area contributed by atoms with Gasteiger partial charge in [0.05, 0.1) is 19.1 Å². The van der Waals surface area contributed by atoms with E-state index in [0.29, 0.717) is 19.6 Å². The molecule has 1 heterocycles. The van der Waals surface area contributed by atoms with Crippen molar-refractivity contribution in [1.29, 1.82) is 0 Å². The predicted molar refractivity (Wildman–Crippen MR) is 59.2 cm³/mol. The highest BCUT2D eigenvalue weighted by molar-refractivity contribution is 6.02. The second-order valence-electron chi connectivity index (χ2n) is 5.30. The summed E-state index contributed by atoms with van der Waals surface area (Å²) in [4.78, 5) is 22.7. The van der Waals surface area contributed by atoms with Crippen LogP contribution in [-0.4, -0.2) is 31.1 Å². The first-order chi connectivity index (χ1) is 8.11. The molecule has 1 saturated heterocycles. The highest BCUT2D eigenvalue weighted by atomic mass is 16.7. The van der Waals surface area contributed by atoms with E-state index in [4.69, 9.17) is 9.47 Å². The number of rotatable bonds is 1. The number of carbonyl (C=O) groups is 2. The van der Waals surface area contributed by atoms with Gasteiger partial charge < -0.3 is 14.3 Å². The van der Waals surface area contributed by atoms with Crippen molar-refractivity contribution < 1.29 is 19.1 Å². The van der Waals surface area contributed by atoms with E-state index in [2.05, 4.69) is 6.92 Å². The maximum Gasteiger partial charge on any atom is 0.177 e. The van der Waals surface area contributed by atoms with Crippen LogP contribution in [0, 0.1) is 11.3 Å². The Labute approximate surface area is 100.0 Å². The summed E-state index contributed by atoms with van der Waals surface area (Å²) in [6.45, 7) is 3.26. The van der Waals surface area contributed by atoms with Gasteiger partial charge in [-0.25, -0.2) is 0 Å². The van der Waals surface area contributed by atoms with Crippen LogP contribution < -0.4 is 0 Å². The second kappa shape index (κ2) is 3.50. The Hall–Kier alpha value is -1.00. The fourth-order valence-corrected chi connectivity index (χ4v) is 3.47. The van der Waals surface area contributed by atoms with Crippen LogP contribution in [0.2, 0.25) is 0 Å². The zero-order valence-corrected chi connectivity index (χ0v) is 9.90. The molecule has 1 saturated carbocycles. The Morgan fingerprint density at radius 2 is 2.12 bits per heavy atom. The Bertz CT molecular complexity index is 406. The van der Waals surface area contributed by atoms with E-state index in [0.717, 1.165) is 24.7 Å². The quantitative estimate of drug-likeness (QED) is 0.508. The Kier molecular flexibility index (Phi) is 2.28. The van der Waals surface area contributed by atoms with Gasteiger partial charge in [-0.2, -0.15) is 0 Å². The van der Waals surface area contributed by atoms with Gasteiger partial charge in [-0.3, -0.25) is 4.79 Å². The molecule has 0 amide bonds. The molecule has 0 aromatic heterocycles. The monoisotopic (exact) mass is 236 g/mol. The first-order valence-corrected chi connectivity index (χ1v) is 6.09. The summed E-state index contributed by atoms with van der Waals surface area (Å²) in [6.07, 6.45) is 4.52. The molecular formula is C13H16O4. The molecule has 1 aliphatic heterocycles. The van der Waals surface area contributed by atoms with Crippen molar-refractivity contribution in [3.8, 4) is 0 Å². The minimum absolute atomic E-state index is 0.0671. The van der Waals surface area contributed by atoms with Gasteiger partial charge in [0.1, 0.15) is 6.29 Å². The molecule has 0 aromatic rings. The minimum Gasteiger partial charge on any atom is -0.347 e. The van der Waals surface area contributed by atoms with Gasteiger partial charge in [0.15, 0.2) is 11.6 Å². The number of aldehydes is 1. The number of ether oxygens (including phenoxy) is 2. The lowest BCUT2D eigenvalue weighted by Gasteiger charge is -2.42. The van der Waals surface area contributed by atoms with Crippen LogP contribution in [0.1, 0.15) is 26.2 Å².